The second-order valence-electron chi connectivity index (χ2n) is 7.21. The molecule has 0 spiro atoms. The highest BCUT2D eigenvalue weighted by atomic mass is 35.5. The number of ketones is 1. The number of likely N-dealkylation sites (tertiary alicyclic amines) is 1. The number of halogens is 2. The van der Waals surface area contributed by atoms with E-state index in [9.17, 15) is 19.1 Å². The minimum absolute atomic E-state index is 0.00576. The van der Waals surface area contributed by atoms with Gasteiger partial charge in [-0.2, -0.15) is 0 Å². The third-order valence-corrected chi connectivity index (χ3v) is 5.10. The second kappa shape index (κ2) is 8.76. The molecule has 1 aliphatic rings. The first kappa shape index (κ1) is 21.0. The lowest BCUT2D eigenvalue weighted by molar-refractivity contribution is -0.139. The Balaban J connectivity index is 2.07. The lowest BCUT2D eigenvalue weighted by atomic mass is 9.95. The Bertz CT molecular complexity index is 940. The van der Waals surface area contributed by atoms with Crippen LogP contribution in [0.1, 0.15) is 23.6 Å². The molecule has 29 heavy (non-hydrogen) atoms. The van der Waals surface area contributed by atoms with Crippen LogP contribution in [0.3, 0.4) is 0 Å². The van der Waals surface area contributed by atoms with Gasteiger partial charge >= 0.3 is 0 Å². The number of rotatable bonds is 6. The fourth-order valence-electron chi connectivity index (χ4n) is 3.42. The monoisotopic (exact) mass is 416 g/mol. The van der Waals surface area contributed by atoms with E-state index in [1.807, 2.05) is 19.0 Å². The maximum Gasteiger partial charge on any atom is 0.295 e. The minimum atomic E-state index is -0.784. The first-order valence-corrected chi connectivity index (χ1v) is 9.62. The second-order valence-corrected chi connectivity index (χ2v) is 7.64. The molecule has 5 nitrogen and oxygen atoms in total. The molecular formula is C22H22ClFN2O3. The summed E-state index contributed by atoms with van der Waals surface area (Å²) in [5.74, 6) is -2.12. The van der Waals surface area contributed by atoms with Crippen molar-refractivity contribution < 1.29 is 19.1 Å². The van der Waals surface area contributed by atoms with Crippen molar-refractivity contribution in [2.24, 2.45) is 0 Å². The van der Waals surface area contributed by atoms with Crippen molar-refractivity contribution in [2.45, 2.75) is 12.5 Å². The van der Waals surface area contributed by atoms with E-state index in [2.05, 4.69) is 0 Å². The van der Waals surface area contributed by atoms with Crippen molar-refractivity contribution in [3.63, 3.8) is 0 Å². The molecule has 0 bridgehead atoms. The van der Waals surface area contributed by atoms with Gasteiger partial charge in [0.15, 0.2) is 0 Å². The molecule has 2 aromatic rings. The molecule has 1 aliphatic heterocycles. The Morgan fingerprint density at radius 3 is 2.31 bits per heavy atom. The van der Waals surface area contributed by atoms with Crippen LogP contribution < -0.4 is 0 Å². The molecule has 0 aromatic heterocycles. The van der Waals surface area contributed by atoms with Crippen LogP contribution in [-0.2, 0) is 9.59 Å². The topological polar surface area (TPSA) is 60.9 Å². The first-order chi connectivity index (χ1) is 13.8. The molecule has 3 rings (SSSR count). The molecule has 0 radical (unpaired) electrons. The lowest BCUT2D eigenvalue weighted by Gasteiger charge is -2.26. The zero-order valence-corrected chi connectivity index (χ0v) is 17.0. The van der Waals surface area contributed by atoms with Crippen LogP contribution in [0.2, 0.25) is 5.02 Å². The predicted molar refractivity (Wildman–Crippen MR) is 110 cm³/mol. The molecule has 1 heterocycles. The van der Waals surface area contributed by atoms with Crippen molar-refractivity contribution in [3.8, 4) is 0 Å². The normalized spacial score (nSPS) is 18.7. The van der Waals surface area contributed by atoms with Gasteiger partial charge < -0.3 is 14.9 Å². The van der Waals surface area contributed by atoms with Gasteiger partial charge in [-0.1, -0.05) is 23.7 Å². The summed E-state index contributed by atoms with van der Waals surface area (Å²) >= 11 is 5.91. The number of aliphatic hydroxyl groups excluding tert-OH is 1. The van der Waals surface area contributed by atoms with Gasteiger partial charge in [-0.15, -0.1) is 0 Å². The van der Waals surface area contributed by atoms with Gasteiger partial charge in [0.25, 0.3) is 11.7 Å². The van der Waals surface area contributed by atoms with Gasteiger partial charge in [0.1, 0.15) is 11.6 Å². The van der Waals surface area contributed by atoms with Crippen LogP contribution in [0, 0.1) is 5.82 Å². The highest BCUT2D eigenvalue weighted by Crippen LogP contribution is 2.39. The number of hydrogen-bond acceptors (Lipinski definition) is 4. The molecule has 1 N–H and O–H groups in total. The van der Waals surface area contributed by atoms with Gasteiger partial charge in [-0.05, 0) is 69.0 Å². The Morgan fingerprint density at radius 2 is 1.72 bits per heavy atom. The fourth-order valence-corrected chi connectivity index (χ4v) is 3.55. The molecule has 0 unspecified atom stereocenters. The average molecular weight is 417 g/mol. The number of benzene rings is 2. The maximum atomic E-state index is 13.4. The summed E-state index contributed by atoms with van der Waals surface area (Å²) in [6.07, 6.45) is 0.651. The van der Waals surface area contributed by atoms with Crippen molar-refractivity contribution in [1.29, 1.82) is 0 Å². The lowest BCUT2D eigenvalue weighted by Crippen LogP contribution is -2.32. The van der Waals surface area contributed by atoms with Crippen LogP contribution in [0.25, 0.3) is 5.76 Å². The van der Waals surface area contributed by atoms with E-state index in [1.54, 1.807) is 24.3 Å². The Morgan fingerprint density at radius 1 is 1.10 bits per heavy atom. The minimum Gasteiger partial charge on any atom is -0.507 e. The number of Topliss-reactive ketones (excluding diaryl/α,β-unsaturated/α-hetero) is 1. The van der Waals surface area contributed by atoms with Gasteiger partial charge in [0.05, 0.1) is 11.6 Å². The molecular weight excluding hydrogens is 395 g/mol. The number of carbonyl (C=O) groups excluding carboxylic acids is 2. The highest BCUT2D eigenvalue weighted by molar-refractivity contribution is 6.46. The zero-order valence-electron chi connectivity index (χ0n) is 16.2. The van der Waals surface area contributed by atoms with Gasteiger partial charge in [0, 0.05) is 17.1 Å². The van der Waals surface area contributed by atoms with Crippen molar-refractivity contribution >= 4 is 29.1 Å². The van der Waals surface area contributed by atoms with E-state index in [0.717, 1.165) is 6.54 Å². The number of hydrogen-bond donors (Lipinski definition) is 1. The summed E-state index contributed by atoms with van der Waals surface area (Å²) in [6, 6.07) is 11.2. The average Bonchev–Trinajstić information content (AvgIpc) is 2.93. The van der Waals surface area contributed by atoms with Gasteiger partial charge in [-0.3, -0.25) is 9.59 Å². The van der Waals surface area contributed by atoms with Crippen molar-refractivity contribution in [1.82, 2.24) is 9.80 Å². The quantitative estimate of drug-likeness (QED) is 0.441. The number of carbonyl (C=O) groups is 2. The Kier molecular flexibility index (Phi) is 6.35. The van der Waals surface area contributed by atoms with Crippen molar-refractivity contribution in [3.05, 3.63) is 76.1 Å². The summed E-state index contributed by atoms with van der Waals surface area (Å²) in [6.45, 7) is 1.07. The first-order valence-electron chi connectivity index (χ1n) is 9.24. The Hall–Kier alpha value is -2.70. The summed E-state index contributed by atoms with van der Waals surface area (Å²) in [5.41, 5.74) is 0.938. The molecule has 0 saturated carbocycles. The van der Waals surface area contributed by atoms with Crippen LogP contribution in [0.15, 0.2) is 54.1 Å². The van der Waals surface area contributed by atoms with E-state index in [0.29, 0.717) is 29.1 Å². The van der Waals surface area contributed by atoms with Crippen LogP contribution in [0.5, 0.6) is 0 Å². The molecule has 1 amide bonds. The standard InChI is InChI=1S/C22H22ClFN2O3/c1-25(2)12-3-13-26-19(14-6-10-17(24)11-7-14)18(21(28)22(26)29)20(27)15-4-8-16(23)9-5-15/h4-11,19,27H,3,12-13H2,1-2H3/t19-/m1/s1. The number of aliphatic hydroxyl groups is 1. The molecule has 1 fully saturated rings. The third kappa shape index (κ3) is 4.49. The van der Waals surface area contributed by atoms with Gasteiger partial charge in [0.2, 0.25) is 0 Å². The van der Waals surface area contributed by atoms with Crippen LogP contribution in [-0.4, -0.2) is 53.8 Å². The van der Waals surface area contributed by atoms with E-state index < -0.39 is 23.5 Å². The number of nitrogens with zero attached hydrogens (tertiary/aromatic N) is 2. The largest absolute Gasteiger partial charge is 0.507 e. The molecule has 1 saturated heterocycles. The van der Waals surface area contributed by atoms with Gasteiger partial charge in [-0.25, -0.2) is 4.39 Å². The van der Waals surface area contributed by atoms with E-state index in [-0.39, 0.29) is 11.3 Å². The number of amides is 1. The van der Waals surface area contributed by atoms with E-state index >= 15 is 0 Å². The zero-order chi connectivity index (χ0) is 21.1. The predicted octanol–water partition coefficient (Wildman–Crippen LogP) is 3.85. The molecule has 1 atom stereocenters. The SMILES string of the molecule is CN(C)CCCN1C(=O)C(=O)C(=C(O)c2ccc(Cl)cc2)[C@H]1c1ccc(F)cc1. The van der Waals surface area contributed by atoms with E-state index in [4.69, 9.17) is 11.6 Å². The summed E-state index contributed by atoms with van der Waals surface area (Å²) in [4.78, 5) is 29.0. The molecule has 0 aliphatic carbocycles. The molecule has 2 aromatic carbocycles. The molecule has 152 valence electrons. The smallest absolute Gasteiger partial charge is 0.295 e. The summed E-state index contributed by atoms with van der Waals surface area (Å²) in [7, 11) is 3.85. The van der Waals surface area contributed by atoms with E-state index in [1.165, 1.54) is 29.2 Å². The highest BCUT2D eigenvalue weighted by Gasteiger charge is 2.45. The fraction of sp³-hybridized carbons (Fsp3) is 0.273. The molecule has 7 heteroatoms. The van der Waals surface area contributed by atoms with Crippen molar-refractivity contribution in [2.75, 3.05) is 27.2 Å². The maximum absolute atomic E-state index is 13.4. The summed E-state index contributed by atoms with van der Waals surface area (Å²) < 4.78 is 13.4. The summed E-state index contributed by atoms with van der Waals surface area (Å²) in [5, 5.41) is 11.4. The Labute approximate surface area is 174 Å². The third-order valence-electron chi connectivity index (χ3n) is 4.85. The van der Waals surface area contributed by atoms with Crippen LogP contribution >= 0.6 is 11.6 Å². The van der Waals surface area contributed by atoms with Crippen LogP contribution in [0.4, 0.5) is 4.39 Å².